The molecule has 1 unspecified atom stereocenters. The van der Waals surface area contributed by atoms with Crippen molar-refractivity contribution in [3.8, 4) is 0 Å². The van der Waals surface area contributed by atoms with Gasteiger partial charge in [-0.05, 0) is 38.0 Å². The number of aryl methyl sites for hydroxylation is 1. The molecule has 0 aromatic carbocycles. The van der Waals surface area contributed by atoms with E-state index in [9.17, 15) is 4.79 Å². The highest BCUT2D eigenvalue weighted by atomic mass is 32.1. The standard InChI is InChI=1S/C15H24N4OS/c1-12-5-4-7-18(11-12)13-9-15(20)19(17-10-13)8-3-2-6-14(16)21/h9-10,12H,2-8,11H2,1H3,(H2,16,21). The molecule has 0 radical (unpaired) electrons. The van der Waals surface area contributed by atoms with Crippen LogP contribution in [0.2, 0.25) is 0 Å². The van der Waals surface area contributed by atoms with Crippen LogP contribution < -0.4 is 16.2 Å². The Labute approximate surface area is 131 Å². The van der Waals surface area contributed by atoms with Gasteiger partial charge in [0, 0.05) is 25.7 Å². The molecule has 1 atom stereocenters. The number of hydrogen-bond acceptors (Lipinski definition) is 4. The minimum atomic E-state index is -0.0268. The summed E-state index contributed by atoms with van der Waals surface area (Å²) in [7, 11) is 0. The normalized spacial score (nSPS) is 18.7. The number of rotatable bonds is 6. The lowest BCUT2D eigenvalue weighted by Gasteiger charge is -2.32. The van der Waals surface area contributed by atoms with Crippen LogP contribution in [0.25, 0.3) is 0 Å². The summed E-state index contributed by atoms with van der Waals surface area (Å²) in [5.74, 6) is 0.682. The van der Waals surface area contributed by atoms with Gasteiger partial charge in [0.15, 0.2) is 0 Å². The summed E-state index contributed by atoms with van der Waals surface area (Å²) in [6, 6.07) is 1.71. The Balaban J connectivity index is 1.94. The average Bonchev–Trinajstić information content (AvgIpc) is 2.44. The van der Waals surface area contributed by atoms with E-state index >= 15 is 0 Å². The van der Waals surface area contributed by atoms with Crippen molar-refractivity contribution >= 4 is 22.9 Å². The van der Waals surface area contributed by atoms with E-state index in [1.54, 1.807) is 6.07 Å². The third-order valence-corrected chi connectivity index (χ3v) is 4.12. The number of aromatic nitrogens is 2. The molecule has 1 aliphatic rings. The van der Waals surface area contributed by atoms with E-state index in [2.05, 4.69) is 16.9 Å². The predicted octanol–water partition coefficient (Wildman–Crippen LogP) is 1.94. The molecule has 2 rings (SSSR count). The number of hydrogen-bond donors (Lipinski definition) is 1. The van der Waals surface area contributed by atoms with Gasteiger partial charge in [-0.2, -0.15) is 5.10 Å². The lowest BCUT2D eigenvalue weighted by molar-refractivity contribution is 0.445. The van der Waals surface area contributed by atoms with Gasteiger partial charge in [-0.3, -0.25) is 4.79 Å². The van der Waals surface area contributed by atoms with Gasteiger partial charge in [0.05, 0.1) is 16.9 Å². The van der Waals surface area contributed by atoms with Gasteiger partial charge in [-0.25, -0.2) is 4.68 Å². The van der Waals surface area contributed by atoms with Crippen molar-refractivity contribution < 1.29 is 0 Å². The molecule has 1 fully saturated rings. The number of nitrogens with zero attached hydrogens (tertiary/aromatic N) is 3. The third kappa shape index (κ3) is 4.81. The van der Waals surface area contributed by atoms with Crippen LogP contribution in [0.5, 0.6) is 0 Å². The predicted molar refractivity (Wildman–Crippen MR) is 89.7 cm³/mol. The Morgan fingerprint density at radius 2 is 2.33 bits per heavy atom. The van der Waals surface area contributed by atoms with Gasteiger partial charge < -0.3 is 10.6 Å². The first-order valence-corrected chi connectivity index (χ1v) is 8.07. The van der Waals surface area contributed by atoms with Crippen molar-refractivity contribution in [2.45, 2.75) is 45.6 Å². The maximum atomic E-state index is 12.1. The Hall–Kier alpha value is -1.43. The van der Waals surface area contributed by atoms with Gasteiger partial charge in [0.1, 0.15) is 0 Å². The fraction of sp³-hybridized carbons (Fsp3) is 0.667. The van der Waals surface area contributed by atoms with Crippen LogP contribution in [0.15, 0.2) is 17.1 Å². The summed E-state index contributed by atoms with van der Waals surface area (Å²) in [5.41, 5.74) is 6.38. The number of piperidine rings is 1. The Morgan fingerprint density at radius 3 is 3.00 bits per heavy atom. The number of thiocarbonyl (C=S) groups is 1. The molecular formula is C15H24N4OS. The van der Waals surface area contributed by atoms with Crippen LogP contribution in [-0.2, 0) is 6.54 Å². The lowest BCUT2D eigenvalue weighted by Crippen LogP contribution is -2.35. The minimum Gasteiger partial charge on any atom is -0.393 e. The van der Waals surface area contributed by atoms with Crippen LogP contribution in [-0.4, -0.2) is 27.9 Å². The maximum Gasteiger partial charge on any atom is 0.268 e. The smallest absolute Gasteiger partial charge is 0.268 e. The Kier molecular flexibility index (Phi) is 5.73. The number of anilines is 1. The van der Waals surface area contributed by atoms with E-state index in [1.807, 2.05) is 6.20 Å². The summed E-state index contributed by atoms with van der Waals surface area (Å²) in [5, 5.41) is 4.29. The molecule has 0 amide bonds. The summed E-state index contributed by atoms with van der Waals surface area (Å²) in [6.45, 7) is 4.91. The van der Waals surface area contributed by atoms with E-state index in [0.29, 0.717) is 17.5 Å². The zero-order valence-corrected chi connectivity index (χ0v) is 13.4. The van der Waals surface area contributed by atoms with Crippen molar-refractivity contribution in [1.29, 1.82) is 0 Å². The van der Waals surface area contributed by atoms with E-state index in [1.165, 1.54) is 17.5 Å². The molecule has 0 aliphatic carbocycles. The summed E-state index contributed by atoms with van der Waals surface area (Å²) < 4.78 is 1.52. The second kappa shape index (κ2) is 7.54. The van der Waals surface area contributed by atoms with E-state index in [0.717, 1.165) is 38.0 Å². The van der Waals surface area contributed by atoms with Gasteiger partial charge in [0.2, 0.25) is 0 Å². The molecule has 2 heterocycles. The topological polar surface area (TPSA) is 64.2 Å². The van der Waals surface area contributed by atoms with Crippen LogP contribution >= 0.6 is 12.2 Å². The molecule has 21 heavy (non-hydrogen) atoms. The fourth-order valence-corrected chi connectivity index (χ4v) is 2.89. The van der Waals surface area contributed by atoms with Crippen molar-refractivity contribution in [2.75, 3.05) is 18.0 Å². The van der Waals surface area contributed by atoms with E-state index < -0.39 is 0 Å². The van der Waals surface area contributed by atoms with Gasteiger partial charge in [-0.15, -0.1) is 0 Å². The number of unbranched alkanes of at least 4 members (excludes halogenated alkanes) is 1. The van der Waals surface area contributed by atoms with E-state index in [-0.39, 0.29) is 5.56 Å². The fourth-order valence-electron chi connectivity index (χ4n) is 2.75. The molecule has 2 N–H and O–H groups in total. The average molecular weight is 308 g/mol. The van der Waals surface area contributed by atoms with Crippen molar-refractivity contribution in [3.05, 3.63) is 22.6 Å². The minimum absolute atomic E-state index is 0.0268. The SMILES string of the molecule is CC1CCCN(c2cnn(CCCCC(N)=S)c(=O)c2)C1. The Morgan fingerprint density at radius 1 is 1.52 bits per heavy atom. The molecule has 116 valence electrons. The zero-order chi connectivity index (χ0) is 15.2. The summed E-state index contributed by atoms with van der Waals surface area (Å²) >= 11 is 4.84. The largest absolute Gasteiger partial charge is 0.393 e. The van der Waals surface area contributed by atoms with Gasteiger partial charge in [-0.1, -0.05) is 19.1 Å². The van der Waals surface area contributed by atoms with Crippen LogP contribution in [0, 0.1) is 5.92 Å². The molecule has 1 aromatic rings. The third-order valence-electron chi connectivity index (χ3n) is 3.92. The highest BCUT2D eigenvalue weighted by molar-refractivity contribution is 7.80. The van der Waals surface area contributed by atoms with Gasteiger partial charge >= 0.3 is 0 Å². The summed E-state index contributed by atoms with van der Waals surface area (Å²) in [4.78, 5) is 14.9. The Bertz CT molecular complexity index is 543. The first-order chi connectivity index (χ1) is 10.1. The highest BCUT2D eigenvalue weighted by Gasteiger charge is 2.17. The molecule has 0 spiro atoms. The molecule has 6 heteroatoms. The van der Waals surface area contributed by atoms with E-state index in [4.69, 9.17) is 18.0 Å². The second-order valence-electron chi connectivity index (χ2n) is 5.89. The molecule has 5 nitrogen and oxygen atoms in total. The van der Waals surface area contributed by atoms with Crippen LogP contribution in [0.1, 0.15) is 39.0 Å². The monoisotopic (exact) mass is 308 g/mol. The first kappa shape index (κ1) is 15.9. The highest BCUT2D eigenvalue weighted by Crippen LogP contribution is 2.20. The quantitative estimate of drug-likeness (QED) is 0.643. The van der Waals surface area contributed by atoms with Crippen molar-refractivity contribution in [1.82, 2.24) is 9.78 Å². The summed E-state index contributed by atoms with van der Waals surface area (Å²) in [6.07, 6.45) is 6.76. The molecule has 0 bridgehead atoms. The van der Waals surface area contributed by atoms with Crippen LogP contribution in [0.3, 0.4) is 0 Å². The molecule has 0 saturated carbocycles. The zero-order valence-electron chi connectivity index (χ0n) is 12.6. The number of nitrogens with two attached hydrogens (primary N) is 1. The van der Waals surface area contributed by atoms with Crippen LogP contribution in [0.4, 0.5) is 5.69 Å². The molecule has 1 aromatic heterocycles. The van der Waals surface area contributed by atoms with Gasteiger partial charge in [0.25, 0.3) is 5.56 Å². The lowest BCUT2D eigenvalue weighted by atomic mass is 10.00. The maximum absolute atomic E-state index is 12.1. The molecular weight excluding hydrogens is 284 g/mol. The first-order valence-electron chi connectivity index (χ1n) is 7.66. The van der Waals surface area contributed by atoms with Crippen molar-refractivity contribution in [2.24, 2.45) is 11.7 Å². The second-order valence-corrected chi connectivity index (χ2v) is 6.42. The van der Waals surface area contributed by atoms with Crippen molar-refractivity contribution in [3.63, 3.8) is 0 Å². The molecule has 1 aliphatic heterocycles. The molecule has 1 saturated heterocycles.